The van der Waals surface area contributed by atoms with Crippen molar-refractivity contribution in [2.75, 3.05) is 13.7 Å². The maximum atomic E-state index is 7.49. The van der Waals surface area contributed by atoms with Gasteiger partial charge in [0.2, 0.25) is 0 Å². The molecule has 0 aliphatic heterocycles. The Morgan fingerprint density at radius 3 is 2.56 bits per heavy atom. The van der Waals surface area contributed by atoms with Crippen molar-refractivity contribution >= 4 is 30.8 Å². The predicted octanol–water partition coefficient (Wildman–Crippen LogP) is 5.23. The lowest BCUT2D eigenvalue weighted by Gasteiger charge is -2.40. The lowest BCUT2D eigenvalue weighted by Crippen LogP contribution is -2.51. The van der Waals surface area contributed by atoms with Crippen LogP contribution in [0.1, 0.15) is 20.8 Å². The number of benzene rings is 1. The standard InChI is InChI=1S/C19H29ClN4O2Si/c1-19(2,3)27(5,6)26-16(18(22-4)24-21)12-25-14-8-9-15-13(11-14)7-10-17(20)23-15/h7-11,16,18,21-22H,12H2,1-6H3. The van der Waals surface area contributed by atoms with Gasteiger partial charge in [-0.05, 0) is 55.5 Å². The van der Waals surface area contributed by atoms with Crippen LogP contribution in [0.3, 0.4) is 0 Å². The van der Waals surface area contributed by atoms with E-state index >= 15 is 0 Å². The van der Waals surface area contributed by atoms with Gasteiger partial charge in [-0.1, -0.05) is 32.4 Å². The molecule has 8 heteroatoms. The van der Waals surface area contributed by atoms with Crippen molar-refractivity contribution in [1.82, 2.24) is 10.3 Å². The molecule has 0 aliphatic rings. The fourth-order valence-corrected chi connectivity index (χ4v) is 3.89. The summed E-state index contributed by atoms with van der Waals surface area (Å²) < 4.78 is 12.5. The van der Waals surface area contributed by atoms with Crippen LogP contribution in [0.2, 0.25) is 23.3 Å². The lowest BCUT2D eigenvalue weighted by atomic mass is 10.2. The molecule has 0 radical (unpaired) electrons. The average Bonchev–Trinajstić information content (AvgIpc) is 2.59. The van der Waals surface area contributed by atoms with E-state index in [-0.39, 0.29) is 11.1 Å². The molecule has 148 valence electrons. The van der Waals surface area contributed by atoms with E-state index in [9.17, 15) is 0 Å². The summed E-state index contributed by atoms with van der Waals surface area (Å²) in [4.78, 5) is 4.28. The first-order valence-electron chi connectivity index (χ1n) is 8.98. The van der Waals surface area contributed by atoms with Gasteiger partial charge >= 0.3 is 0 Å². The lowest BCUT2D eigenvalue weighted by molar-refractivity contribution is 0.0834. The van der Waals surface area contributed by atoms with Crippen LogP contribution >= 0.6 is 11.6 Å². The highest BCUT2D eigenvalue weighted by Crippen LogP contribution is 2.37. The highest BCUT2D eigenvalue weighted by Gasteiger charge is 2.41. The number of ether oxygens (including phenoxy) is 1. The highest BCUT2D eigenvalue weighted by molar-refractivity contribution is 6.74. The van der Waals surface area contributed by atoms with Crippen molar-refractivity contribution < 1.29 is 9.16 Å². The molecular formula is C19H29ClN4O2Si. The van der Waals surface area contributed by atoms with Gasteiger partial charge in [-0.3, -0.25) is 5.32 Å². The van der Waals surface area contributed by atoms with Crippen LogP contribution in [0, 0.1) is 5.53 Å². The van der Waals surface area contributed by atoms with Gasteiger partial charge in [-0.15, -0.1) is 0 Å². The predicted molar refractivity (Wildman–Crippen MR) is 112 cm³/mol. The van der Waals surface area contributed by atoms with Crippen LogP contribution in [-0.4, -0.2) is 39.2 Å². The summed E-state index contributed by atoms with van der Waals surface area (Å²) in [6.07, 6.45) is -0.813. The smallest absolute Gasteiger partial charge is 0.192 e. The zero-order valence-corrected chi connectivity index (χ0v) is 18.6. The van der Waals surface area contributed by atoms with Crippen LogP contribution < -0.4 is 10.1 Å². The first-order valence-corrected chi connectivity index (χ1v) is 12.3. The molecular weight excluding hydrogens is 380 g/mol. The summed E-state index contributed by atoms with van der Waals surface area (Å²) in [6.45, 7) is 11.2. The third-order valence-electron chi connectivity index (χ3n) is 5.08. The molecule has 0 spiro atoms. The second-order valence-electron chi connectivity index (χ2n) is 8.08. The minimum Gasteiger partial charge on any atom is -0.491 e. The Hall–Kier alpha value is -1.54. The summed E-state index contributed by atoms with van der Waals surface area (Å²) in [5.74, 6) is 0.718. The number of fused-ring (bicyclic) bond motifs is 1. The van der Waals surface area contributed by atoms with E-state index in [1.165, 1.54) is 0 Å². The van der Waals surface area contributed by atoms with Crippen LogP contribution in [0.5, 0.6) is 5.75 Å². The molecule has 0 amide bonds. The normalized spacial score (nSPS) is 14.8. The van der Waals surface area contributed by atoms with Crippen LogP contribution in [0.25, 0.3) is 10.9 Å². The molecule has 6 nitrogen and oxygen atoms in total. The molecule has 0 aliphatic carbocycles. The van der Waals surface area contributed by atoms with E-state index in [1.54, 1.807) is 13.1 Å². The largest absolute Gasteiger partial charge is 0.491 e. The SMILES string of the molecule is CNC(N=N)C(COc1ccc2nc(Cl)ccc2c1)O[Si](C)(C)C(C)(C)C. The Bertz CT molecular complexity index is 795. The van der Waals surface area contributed by atoms with Crippen molar-refractivity contribution in [2.45, 2.75) is 51.2 Å². The van der Waals surface area contributed by atoms with E-state index < -0.39 is 14.5 Å². The number of nitrogens with zero attached hydrogens (tertiary/aromatic N) is 2. The molecule has 0 saturated carbocycles. The molecule has 1 heterocycles. The van der Waals surface area contributed by atoms with Gasteiger partial charge in [-0.2, -0.15) is 5.11 Å². The Morgan fingerprint density at radius 1 is 1.26 bits per heavy atom. The summed E-state index contributed by atoms with van der Waals surface area (Å²) in [5, 5.41) is 8.19. The maximum absolute atomic E-state index is 7.49. The van der Waals surface area contributed by atoms with Gasteiger partial charge in [-0.25, -0.2) is 10.5 Å². The van der Waals surface area contributed by atoms with Gasteiger partial charge in [0.1, 0.15) is 29.8 Å². The molecule has 0 saturated heterocycles. The second kappa shape index (κ2) is 8.64. The van der Waals surface area contributed by atoms with E-state index in [1.807, 2.05) is 24.3 Å². The summed E-state index contributed by atoms with van der Waals surface area (Å²) >= 11 is 5.94. The Labute approximate surface area is 167 Å². The van der Waals surface area contributed by atoms with Gasteiger partial charge in [0.05, 0.1) is 5.52 Å². The highest BCUT2D eigenvalue weighted by atomic mass is 35.5. The molecule has 1 aromatic heterocycles. The Morgan fingerprint density at radius 2 is 1.96 bits per heavy atom. The van der Waals surface area contributed by atoms with Crippen molar-refractivity contribution in [1.29, 1.82) is 5.53 Å². The van der Waals surface area contributed by atoms with E-state index in [0.29, 0.717) is 11.8 Å². The van der Waals surface area contributed by atoms with Gasteiger partial charge in [0.15, 0.2) is 8.32 Å². The number of likely N-dealkylation sites (N-methyl/N-ethyl adjacent to an activating group) is 1. The summed E-state index contributed by atoms with van der Waals surface area (Å²) in [6, 6.07) is 9.34. The third kappa shape index (κ3) is 5.48. The molecule has 0 bridgehead atoms. The molecule has 2 unspecified atom stereocenters. The quantitative estimate of drug-likeness (QED) is 0.356. The Balaban J connectivity index is 2.18. The maximum Gasteiger partial charge on any atom is 0.192 e. The zero-order chi connectivity index (χ0) is 20.2. The fourth-order valence-electron chi connectivity index (χ4n) is 2.43. The second-order valence-corrected chi connectivity index (χ2v) is 13.2. The molecule has 0 fully saturated rings. The van der Waals surface area contributed by atoms with E-state index in [0.717, 1.165) is 16.7 Å². The average molecular weight is 409 g/mol. The third-order valence-corrected chi connectivity index (χ3v) is 9.80. The van der Waals surface area contributed by atoms with E-state index in [2.05, 4.69) is 49.3 Å². The first-order chi connectivity index (χ1) is 12.6. The summed E-state index contributed by atoms with van der Waals surface area (Å²) in [7, 11) is -0.266. The van der Waals surface area contributed by atoms with Crippen LogP contribution in [0.4, 0.5) is 0 Å². The Kier molecular flexibility index (Phi) is 6.96. The number of pyridine rings is 1. The first kappa shape index (κ1) is 21.8. The minimum absolute atomic E-state index is 0.0550. The van der Waals surface area contributed by atoms with Crippen molar-refractivity contribution in [3.05, 3.63) is 35.5 Å². The van der Waals surface area contributed by atoms with Crippen LogP contribution in [-0.2, 0) is 4.43 Å². The number of aromatic nitrogens is 1. The number of hydrogen-bond acceptors (Lipinski definition) is 6. The van der Waals surface area contributed by atoms with Gasteiger partial charge in [0.25, 0.3) is 0 Å². The van der Waals surface area contributed by atoms with E-state index in [4.69, 9.17) is 26.3 Å². The van der Waals surface area contributed by atoms with Crippen molar-refractivity contribution in [3.8, 4) is 5.75 Å². The number of nitrogens with one attached hydrogen (secondary N) is 2. The van der Waals surface area contributed by atoms with Crippen LogP contribution in [0.15, 0.2) is 35.4 Å². The number of rotatable bonds is 8. The monoisotopic (exact) mass is 408 g/mol. The fraction of sp³-hybridized carbons (Fsp3) is 0.526. The van der Waals surface area contributed by atoms with Crippen molar-refractivity contribution in [2.24, 2.45) is 5.11 Å². The molecule has 2 N–H and O–H groups in total. The molecule has 2 rings (SSSR count). The molecule has 1 aromatic carbocycles. The molecule has 2 atom stereocenters. The van der Waals surface area contributed by atoms with Crippen molar-refractivity contribution in [3.63, 3.8) is 0 Å². The number of halogens is 1. The van der Waals surface area contributed by atoms with Gasteiger partial charge in [0, 0.05) is 5.39 Å². The van der Waals surface area contributed by atoms with Gasteiger partial charge < -0.3 is 9.16 Å². The molecule has 27 heavy (non-hydrogen) atoms. The topological polar surface area (TPSA) is 79.6 Å². The molecule has 2 aromatic rings. The number of hydrogen-bond donors (Lipinski definition) is 2. The zero-order valence-electron chi connectivity index (χ0n) is 16.8. The summed E-state index contributed by atoms with van der Waals surface area (Å²) in [5.41, 5.74) is 8.30. The minimum atomic E-state index is -2.04.